The molecule has 0 saturated carbocycles. The summed E-state index contributed by atoms with van der Waals surface area (Å²) >= 11 is 0. The fraction of sp³-hybridized carbons (Fsp3) is 0.236. The summed E-state index contributed by atoms with van der Waals surface area (Å²) < 4.78 is 0. The van der Waals surface area contributed by atoms with Crippen LogP contribution in [-0.2, 0) is 25.7 Å². The Bertz CT molecular complexity index is 2250. The number of hydrogen-bond acceptors (Lipinski definition) is 0. The Morgan fingerprint density at radius 2 is 0.636 bits per heavy atom. The third kappa shape index (κ3) is 11.1. The number of benzene rings is 6. The minimum absolute atomic E-state index is 0.983. The number of aryl methyl sites for hydroxylation is 6. The zero-order chi connectivity index (χ0) is 38.9. The maximum absolute atomic E-state index is 2.35. The van der Waals surface area contributed by atoms with Crippen molar-refractivity contribution >= 4 is 0 Å². The SMILES string of the molecule is CC1=CCC=C(Cc2ccc(-c3ccc(Cc4ccc(C)c(C)c4)cc3)cc2)C=C1C.Cc1ccc(Cc2ccc(Cc3ccc(C)c(C)c3)cc2)cc1C. The highest BCUT2D eigenvalue weighted by atomic mass is 14.1. The first-order chi connectivity index (χ1) is 26.5. The van der Waals surface area contributed by atoms with Gasteiger partial charge in [-0.05, 0) is 182 Å². The molecule has 0 aliphatic heterocycles. The third-order valence-corrected chi connectivity index (χ3v) is 11.4. The molecule has 0 radical (unpaired) electrons. The van der Waals surface area contributed by atoms with E-state index in [1.54, 1.807) is 0 Å². The quantitative estimate of drug-likeness (QED) is 0.140. The van der Waals surface area contributed by atoms with Gasteiger partial charge in [0, 0.05) is 0 Å². The average Bonchev–Trinajstić information content (AvgIpc) is 3.33. The van der Waals surface area contributed by atoms with Crippen molar-refractivity contribution in [2.45, 2.75) is 87.5 Å². The zero-order valence-corrected chi connectivity index (χ0v) is 34.4. The molecule has 0 unspecified atom stereocenters. The van der Waals surface area contributed by atoms with Crippen molar-refractivity contribution in [2.75, 3.05) is 0 Å². The van der Waals surface area contributed by atoms with E-state index in [2.05, 4.69) is 201 Å². The Morgan fingerprint density at radius 1 is 0.309 bits per heavy atom. The summed E-state index contributed by atoms with van der Waals surface area (Å²) in [6.45, 7) is 17.5. The van der Waals surface area contributed by atoms with Crippen molar-refractivity contribution < 1.29 is 0 Å². The van der Waals surface area contributed by atoms with E-state index in [9.17, 15) is 0 Å². The molecule has 6 aromatic carbocycles. The van der Waals surface area contributed by atoms with Gasteiger partial charge in [0.1, 0.15) is 0 Å². The van der Waals surface area contributed by atoms with Crippen LogP contribution in [0, 0.1) is 41.5 Å². The number of rotatable bonds is 9. The molecule has 55 heavy (non-hydrogen) atoms. The fourth-order valence-electron chi connectivity index (χ4n) is 7.21. The van der Waals surface area contributed by atoms with E-state index in [1.165, 1.54) is 100 Å². The third-order valence-electron chi connectivity index (χ3n) is 11.4. The molecule has 0 aromatic heterocycles. The molecular weight excluding hydrogens is 661 g/mol. The summed E-state index contributed by atoms with van der Waals surface area (Å²) in [6.07, 6.45) is 12.0. The van der Waals surface area contributed by atoms with E-state index < -0.39 is 0 Å². The van der Waals surface area contributed by atoms with Gasteiger partial charge in [0.15, 0.2) is 0 Å². The molecule has 278 valence electrons. The van der Waals surface area contributed by atoms with E-state index in [0.29, 0.717) is 0 Å². The molecule has 1 aliphatic rings. The maximum atomic E-state index is 2.35. The van der Waals surface area contributed by atoms with Crippen LogP contribution in [0.25, 0.3) is 11.1 Å². The highest BCUT2D eigenvalue weighted by Gasteiger charge is 2.06. The smallest absolute Gasteiger partial charge is 0.00257 e. The second-order valence-electron chi connectivity index (χ2n) is 15.9. The molecule has 0 saturated heterocycles. The first kappa shape index (κ1) is 39.2. The van der Waals surface area contributed by atoms with Crippen LogP contribution in [0.1, 0.15) is 92.6 Å². The number of hydrogen-bond donors (Lipinski definition) is 0. The first-order valence-electron chi connectivity index (χ1n) is 20.0. The summed E-state index contributed by atoms with van der Waals surface area (Å²) in [5.41, 5.74) is 24.6. The van der Waals surface area contributed by atoms with Crippen LogP contribution < -0.4 is 0 Å². The maximum Gasteiger partial charge on any atom is -0.00257 e. The summed E-state index contributed by atoms with van der Waals surface area (Å²) in [4.78, 5) is 0. The Labute approximate surface area is 332 Å². The van der Waals surface area contributed by atoms with Crippen LogP contribution >= 0.6 is 0 Å². The van der Waals surface area contributed by atoms with Crippen LogP contribution in [0.4, 0.5) is 0 Å². The van der Waals surface area contributed by atoms with Gasteiger partial charge < -0.3 is 0 Å². The summed E-state index contributed by atoms with van der Waals surface area (Å²) in [5, 5.41) is 0. The van der Waals surface area contributed by atoms with Gasteiger partial charge in [0.25, 0.3) is 0 Å². The van der Waals surface area contributed by atoms with Crippen molar-refractivity contribution in [3.05, 3.63) is 235 Å². The highest BCUT2D eigenvalue weighted by molar-refractivity contribution is 5.64. The van der Waals surface area contributed by atoms with E-state index >= 15 is 0 Å². The molecule has 0 atom stereocenters. The molecule has 1 aliphatic carbocycles. The van der Waals surface area contributed by atoms with Gasteiger partial charge in [-0.25, -0.2) is 0 Å². The minimum Gasteiger partial charge on any atom is -0.0775 e. The standard InChI is InChI=1S/C31H32.C24H26/c1-22-6-5-7-28(18-24(22)3)20-26-10-14-30(15-11-26)31-16-12-27(13-17-31)21-29-9-8-23(2)25(4)19-29;1-17-5-7-23(13-19(17)3)15-21-9-11-22(12-10-21)16-24-8-6-18(2)20(4)14-24/h6-19H,5,20-21H2,1-4H3;5-14H,15-16H2,1-4H3. The highest BCUT2D eigenvalue weighted by Crippen LogP contribution is 2.25. The fourth-order valence-corrected chi connectivity index (χ4v) is 7.21. The molecule has 0 nitrogen and oxygen atoms in total. The van der Waals surface area contributed by atoms with Crippen LogP contribution in [0.3, 0.4) is 0 Å². The van der Waals surface area contributed by atoms with Crippen LogP contribution in [0.15, 0.2) is 162 Å². The van der Waals surface area contributed by atoms with Gasteiger partial charge in [-0.2, -0.15) is 0 Å². The minimum atomic E-state index is 0.983. The normalized spacial score (nSPS) is 12.5. The molecule has 0 N–H and O–H groups in total. The van der Waals surface area contributed by atoms with E-state index in [1.807, 2.05) is 0 Å². The molecule has 0 fully saturated rings. The van der Waals surface area contributed by atoms with Crippen molar-refractivity contribution in [1.29, 1.82) is 0 Å². The first-order valence-corrected chi connectivity index (χ1v) is 20.0. The molecule has 6 aromatic rings. The monoisotopic (exact) mass is 718 g/mol. The second kappa shape index (κ2) is 18.2. The number of allylic oxidation sites excluding steroid dienone is 6. The molecule has 0 spiro atoms. The lowest BCUT2D eigenvalue weighted by atomic mass is 9.97. The molecule has 7 rings (SSSR count). The van der Waals surface area contributed by atoms with Gasteiger partial charge in [-0.3, -0.25) is 0 Å². The van der Waals surface area contributed by atoms with Crippen molar-refractivity contribution in [2.24, 2.45) is 0 Å². The zero-order valence-electron chi connectivity index (χ0n) is 34.4. The van der Waals surface area contributed by atoms with Gasteiger partial charge >= 0.3 is 0 Å². The van der Waals surface area contributed by atoms with Crippen LogP contribution in [0.2, 0.25) is 0 Å². The van der Waals surface area contributed by atoms with E-state index in [4.69, 9.17) is 0 Å². The van der Waals surface area contributed by atoms with Crippen LogP contribution in [-0.4, -0.2) is 0 Å². The van der Waals surface area contributed by atoms with Gasteiger partial charge in [-0.1, -0.05) is 151 Å². The predicted octanol–water partition coefficient (Wildman–Crippen LogP) is 14.4. The van der Waals surface area contributed by atoms with Crippen LogP contribution in [0.5, 0.6) is 0 Å². The van der Waals surface area contributed by atoms with Crippen molar-refractivity contribution in [3.63, 3.8) is 0 Å². The largest absolute Gasteiger partial charge is 0.0775 e. The average molecular weight is 719 g/mol. The van der Waals surface area contributed by atoms with Crippen molar-refractivity contribution in [1.82, 2.24) is 0 Å². The predicted molar refractivity (Wildman–Crippen MR) is 238 cm³/mol. The lowest BCUT2D eigenvalue weighted by Crippen LogP contribution is -1.93. The lowest BCUT2D eigenvalue weighted by molar-refractivity contribution is 1.13. The van der Waals surface area contributed by atoms with E-state index in [-0.39, 0.29) is 0 Å². The summed E-state index contributed by atoms with van der Waals surface area (Å²) in [5.74, 6) is 0. The molecule has 0 heteroatoms. The van der Waals surface area contributed by atoms with E-state index in [0.717, 1.165) is 32.1 Å². The lowest BCUT2D eigenvalue weighted by Gasteiger charge is -2.08. The Balaban J connectivity index is 0.000000193. The molecular formula is C55H58. The Morgan fingerprint density at radius 3 is 1.00 bits per heavy atom. The molecule has 0 bridgehead atoms. The van der Waals surface area contributed by atoms with Gasteiger partial charge in [0.05, 0.1) is 0 Å². The summed E-state index contributed by atoms with van der Waals surface area (Å²) in [6, 6.07) is 47.5. The second-order valence-corrected chi connectivity index (χ2v) is 15.9. The van der Waals surface area contributed by atoms with Gasteiger partial charge in [0.2, 0.25) is 0 Å². The Kier molecular flexibility index (Phi) is 13.0. The summed E-state index contributed by atoms with van der Waals surface area (Å²) in [7, 11) is 0. The van der Waals surface area contributed by atoms with Gasteiger partial charge in [-0.15, -0.1) is 0 Å². The molecule has 0 heterocycles. The topological polar surface area (TPSA) is 0 Å². The molecule has 0 amide bonds. The Hall–Kier alpha value is -5.46. The van der Waals surface area contributed by atoms with Crippen molar-refractivity contribution in [3.8, 4) is 11.1 Å².